The van der Waals surface area contributed by atoms with Gasteiger partial charge in [-0.1, -0.05) is 39.0 Å². The minimum atomic E-state index is -0.130. The van der Waals surface area contributed by atoms with Crippen LogP contribution in [0.4, 0.5) is 5.69 Å². The predicted octanol–water partition coefficient (Wildman–Crippen LogP) is 6.35. The molecule has 1 aliphatic heterocycles. The summed E-state index contributed by atoms with van der Waals surface area (Å²) in [5.41, 5.74) is 7.38. The van der Waals surface area contributed by atoms with Gasteiger partial charge in [0.15, 0.2) is 5.82 Å². The third-order valence-electron chi connectivity index (χ3n) is 6.66. The molecular formula is C30H34N4O2S. The number of ether oxygens (including phenoxy) is 1. The number of nitrogens with one attached hydrogen (secondary N) is 1. The predicted molar refractivity (Wildman–Crippen MR) is 153 cm³/mol. The molecule has 0 radical (unpaired) electrons. The molecule has 37 heavy (non-hydrogen) atoms. The summed E-state index contributed by atoms with van der Waals surface area (Å²) < 4.78 is 7.96. The molecule has 1 N–H and O–H groups in total. The molecule has 1 amide bonds. The van der Waals surface area contributed by atoms with E-state index in [-0.39, 0.29) is 11.3 Å². The van der Waals surface area contributed by atoms with E-state index in [4.69, 9.17) is 9.72 Å². The zero-order valence-electron chi connectivity index (χ0n) is 22.4. The summed E-state index contributed by atoms with van der Waals surface area (Å²) in [6.07, 6.45) is 0.802. The highest BCUT2D eigenvalue weighted by molar-refractivity contribution is 7.13. The van der Waals surface area contributed by atoms with Crippen molar-refractivity contribution in [1.29, 1.82) is 0 Å². The summed E-state index contributed by atoms with van der Waals surface area (Å²) >= 11 is 1.64. The van der Waals surface area contributed by atoms with Gasteiger partial charge in [0.05, 0.1) is 17.7 Å². The zero-order chi connectivity index (χ0) is 26.3. The van der Waals surface area contributed by atoms with Crippen LogP contribution in [0, 0.1) is 5.41 Å². The number of imidazole rings is 1. The Morgan fingerprint density at radius 1 is 1.14 bits per heavy atom. The van der Waals surface area contributed by atoms with Crippen molar-refractivity contribution in [3.63, 3.8) is 0 Å². The van der Waals surface area contributed by atoms with Gasteiger partial charge in [0, 0.05) is 44.0 Å². The number of carbonyl (C=O) groups excluding carboxylic acids is 1. The number of aryl methyl sites for hydroxylation is 1. The van der Waals surface area contributed by atoms with Crippen molar-refractivity contribution in [2.75, 3.05) is 32.6 Å². The zero-order valence-corrected chi connectivity index (χ0v) is 23.2. The molecule has 0 aliphatic carbocycles. The first-order valence-corrected chi connectivity index (χ1v) is 13.5. The Morgan fingerprint density at radius 3 is 2.62 bits per heavy atom. The van der Waals surface area contributed by atoms with E-state index in [0.717, 1.165) is 50.8 Å². The van der Waals surface area contributed by atoms with Gasteiger partial charge in [0.2, 0.25) is 0 Å². The van der Waals surface area contributed by atoms with Gasteiger partial charge >= 0.3 is 0 Å². The molecule has 2 aromatic carbocycles. The lowest BCUT2D eigenvalue weighted by Crippen LogP contribution is -2.34. The summed E-state index contributed by atoms with van der Waals surface area (Å²) in [4.78, 5) is 21.4. The summed E-state index contributed by atoms with van der Waals surface area (Å²) in [6.45, 7) is 7.62. The third-order valence-corrected chi connectivity index (χ3v) is 7.54. The monoisotopic (exact) mass is 514 g/mol. The summed E-state index contributed by atoms with van der Waals surface area (Å²) in [7, 11) is 5.81. The molecule has 0 bridgehead atoms. The van der Waals surface area contributed by atoms with Crippen LogP contribution in [0.1, 0.15) is 37.0 Å². The van der Waals surface area contributed by atoms with Crippen molar-refractivity contribution < 1.29 is 9.53 Å². The molecule has 3 heterocycles. The standard InChI is InChI=1S/C30H34N4O2S/c1-30(2,3)18-31-29(35)28-32-26(25-11-8-14-37-25)27-23-17-22(19-9-7-10-21(15-19)33(4)5)24(36-6)16-20(23)12-13-34(27)28/h7-11,14-17H,12-13,18H2,1-6H3,(H,31,35). The Hall–Kier alpha value is -3.58. The van der Waals surface area contributed by atoms with Crippen LogP contribution >= 0.6 is 11.3 Å². The van der Waals surface area contributed by atoms with Crippen LogP contribution < -0.4 is 15.0 Å². The second kappa shape index (κ2) is 9.71. The maximum absolute atomic E-state index is 13.3. The van der Waals surface area contributed by atoms with Gasteiger partial charge < -0.3 is 19.5 Å². The van der Waals surface area contributed by atoms with Crippen molar-refractivity contribution in [2.45, 2.75) is 33.7 Å². The molecule has 6 nitrogen and oxygen atoms in total. The Balaban J connectivity index is 1.68. The third kappa shape index (κ3) is 4.88. The van der Waals surface area contributed by atoms with Crippen molar-refractivity contribution in [3.8, 4) is 38.7 Å². The highest BCUT2D eigenvalue weighted by atomic mass is 32.1. The molecule has 5 rings (SSSR count). The van der Waals surface area contributed by atoms with Crippen molar-refractivity contribution in [1.82, 2.24) is 14.9 Å². The van der Waals surface area contributed by atoms with Gasteiger partial charge in [-0.05, 0) is 58.7 Å². The van der Waals surface area contributed by atoms with Gasteiger partial charge in [-0.3, -0.25) is 4.79 Å². The molecule has 1 aliphatic rings. The number of anilines is 1. The quantitative estimate of drug-likeness (QED) is 0.326. The van der Waals surface area contributed by atoms with Gasteiger partial charge in [-0.15, -0.1) is 11.3 Å². The van der Waals surface area contributed by atoms with Crippen LogP contribution in [0.25, 0.3) is 33.0 Å². The fraction of sp³-hybridized carbons (Fsp3) is 0.333. The largest absolute Gasteiger partial charge is 0.496 e. The number of aromatic nitrogens is 2. The molecule has 0 fully saturated rings. The Kier molecular flexibility index (Phi) is 6.58. The Bertz CT molecular complexity index is 1450. The van der Waals surface area contributed by atoms with E-state index in [9.17, 15) is 4.79 Å². The van der Waals surface area contributed by atoms with Crippen LogP contribution in [-0.4, -0.2) is 43.2 Å². The van der Waals surface area contributed by atoms with Crippen LogP contribution in [0.3, 0.4) is 0 Å². The van der Waals surface area contributed by atoms with Crippen molar-refractivity contribution >= 4 is 22.9 Å². The van der Waals surface area contributed by atoms with Crippen LogP contribution in [0.15, 0.2) is 53.9 Å². The Morgan fingerprint density at radius 2 is 1.95 bits per heavy atom. The first kappa shape index (κ1) is 25.1. The second-order valence-electron chi connectivity index (χ2n) is 10.9. The van der Waals surface area contributed by atoms with E-state index in [1.807, 2.05) is 20.2 Å². The maximum atomic E-state index is 13.3. The molecule has 192 valence electrons. The number of hydrogen-bond donors (Lipinski definition) is 1. The van der Waals surface area contributed by atoms with Gasteiger partial charge in [-0.25, -0.2) is 4.98 Å². The van der Waals surface area contributed by atoms with Crippen LogP contribution in [0.2, 0.25) is 0 Å². The number of benzene rings is 2. The number of fused-ring (bicyclic) bond motifs is 3. The first-order valence-electron chi connectivity index (χ1n) is 12.6. The van der Waals surface area contributed by atoms with E-state index in [2.05, 4.69) is 83.4 Å². The van der Waals surface area contributed by atoms with E-state index in [0.29, 0.717) is 18.9 Å². The second-order valence-corrected chi connectivity index (χ2v) is 11.9. The fourth-order valence-corrected chi connectivity index (χ4v) is 5.47. The SMILES string of the molecule is COc1cc2c(cc1-c1cccc(N(C)C)c1)-c1c(-c3cccs3)nc(C(=O)NCC(C)(C)C)n1CC2. The summed E-state index contributed by atoms with van der Waals surface area (Å²) in [5.74, 6) is 1.19. The number of carbonyl (C=O) groups is 1. The number of amides is 1. The maximum Gasteiger partial charge on any atom is 0.287 e. The lowest BCUT2D eigenvalue weighted by molar-refractivity contribution is 0.0924. The van der Waals surface area contributed by atoms with Gasteiger partial charge in [0.1, 0.15) is 11.4 Å². The topological polar surface area (TPSA) is 59.4 Å². The molecule has 0 spiro atoms. The van der Waals surface area contributed by atoms with E-state index in [1.165, 1.54) is 5.56 Å². The number of methoxy groups -OCH3 is 1. The first-order chi connectivity index (χ1) is 17.7. The average Bonchev–Trinajstić information content (AvgIpc) is 3.54. The average molecular weight is 515 g/mol. The molecule has 0 saturated carbocycles. The molecule has 2 aromatic heterocycles. The van der Waals surface area contributed by atoms with Crippen LogP contribution in [0.5, 0.6) is 5.75 Å². The lowest BCUT2D eigenvalue weighted by atomic mass is 9.91. The van der Waals surface area contributed by atoms with E-state index >= 15 is 0 Å². The molecule has 7 heteroatoms. The number of hydrogen-bond acceptors (Lipinski definition) is 5. The van der Waals surface area contributed by atoms with Crippen LogP contribution in [-0.2, 0) is 13.0 Å². The normalized spacial score (nSPS) is 12.6. The van der Waals surface area contributed by atoms with E-state index in [1.54, 1.807) is 18.4 Å². The smallest absolute Gasteiger partial charge is 0.287 e. The molecular weight excluding hydrogens is 480 g/mol. The molecule has 0 atom stereocenters. The molecule has 0 saturated heterocycles. The summed E-state index contributed by atoms with van der Waals surface area (Å²) in [5, 5.41) is 5.15. The summed E-state index contributed by atoms with van der Waals surface area (Å²) in [6, 6.07) is 16.9. The minimum Gasteiger partial charge on any atom is -0.496 e. The van der Waals surface area contributed by atoms with E-state index < -0.39 is 0 Å². The lowest BCUT2D eigenvalue weighted by Gasteiger charge is -2.24. The minimum absolute atomic E-state index is 0.0112. The Labute approximate surface area is 222 Å². The number of thiophene rings is 1. The van der Waals surface area contributed by atoms with Crippen molar-refractivity contribution in [3.05, 3.63) is 65.3 Å². The molecule has 4 aromatic rings. The van der Waals surface area contributed by atoms with Gasteiger partial charge in [-0.2, -0.15) is 0 Å². The fourth-order valence-electron chi connectivity index (χ4n) is 4.75. The van der Waals surface area contributed by atoms with Gasteiger partial charge in [0.25, 0.3) is 5.91 Å². The molecule has 0 unspecified atom stereocenters. The van der Waals surface area contributed by atoms with Crippen molar-refractivity contribution in [2.24, 2.45) is 5.41 Å². The highest BCUT2D eigenvalue weighted by Gasteiger charge is 2.30. The highest BCUT2D eigenvalue weighted by Crippen LogP contribution is 2.44. The number of rotatable bonds is 6. The number of nitrogens with zero attached hydrogens (tertiary/aromatic N) is 3.